The molecular formula is C16H14BrN3OS. The van der Waals surface area contributed by atoms with Crippen LogP contribution in [-0.2, 0) is 4.79 Å². The fourth-order valence-electron chi connectivity index (χ4n) is 1.93. The SMILES string of the molecule is Cc1cc(C)c(C#N)c(SCC(=O)Nc2ccccc2Br)n1. The Balaban J connectivity index is 2.06. The van der Waals surface area contributed by atoms with Gasteiger partial charge in [-0.25, -0.2) is 4.98 Å². The average Bonchev–Trinajstić information content (AvgIpc) is 2.47. The molecule has 1 N–H and O–H groups in total. The van der Waals surface area contributed by atoms with Crippen LogP contribution in [0.4, 0.5) is 5.69 Å². The molecule has 22 heavy (non-hydrogen) atoms. The van der Waals surface area contributed by atoms with E-state index in [1.165, 1.54) is 11.8 Å². The Hall–Kier alpha value is -1.84. The van der Waals surface area contributed by atoms with Gasteiger partial charge in [0.2, 0.25) is 5.91 Å². The molecule has 1 heterocycles. The molecule has 1 aromatic heterocycles. The summed E-state index contributed by atoms with van der Waals surface area (Å²) in [5.74, 6) is 0.0630. The summed E-state index contributed by atoms with van der Waals surface area (Å²) in [6.45, 7) is 3.75. The number of hydrogen-bond acceptors (Lipinski definition) is 4. The van der Waals surface area contributed by atoms with Crippen LogP contribution in [0.1, 0.15) is 16.8 Å². The van der Waals surface area contributed by atoms with Gasteiger partial charge in [-0.1, -0.05) is 23.9 Å². The van der Waals surface area contributed by atoms with Crippen molar-refractivity contribution in [2.75, 3.05) is 11.1 Å². The highest BCUT2D eigenvalue weighted by molar-refractivity contribution is 9.10. The molecule has 0 atom stereocenters. The molecule has 2 rings (SSSR count). The molecule has 0 saturated carbocycles. The van der Waals surface area contributed by atoms with Crippen LogP contribution in [0.5, 0.6) is 0 Å². The van der Waals surface area contributed by atoms with Gasteiger partial charge >= 0.3 is 0 Å². The quantitative estimate of drug-likeness (QED) is 0.818. The number of pyridine rings is 1. The van der Waals surface area contributed by atoms with Crippen molar-refractivity contribution >= 4 is 39.3 Å². The van der Waals surface area contributed by atoms with Gasteiger partial charge in [-0.3, -0.25) is 4.79 Å². The maximum atomic E-state index is 12.0. The summed E-state index contributed by atoms with van der Waals surface area (Å²) >= 11 is 4.66. The van der Waals surface area contributed by atoms with E-state index >= 15 is 0 Å². The van der Waals surface area contributed by atoms with Gasteiger partial charge in [0, 0.05) is 10.2 Å². The summed E-state index contributed by atoms with van der Waals surface area (Å²) in [4.78, 5) is 16.4. The number of carbonyl (C=O) groups excluding carboxylic acids is 1. The molecule has 4 nitrogen and oxygen atoms in total. The largest absolute Gasteiger partial charge is 0.324 e. The number of anilines is 1. The van der Waals surface area contributed by atoms with E-state index in [2.05, 4.69) is 32.3 Å². The molecule has 0 aliphatic heterocycles. The van der Waals surface area contributed by atoms with Crippen molar-refractivity contribution in [3.05, 3.63) is 51.6 Å². The highest BCUT2D eigenvalue weighted by Gasteiger charge is 2.12. The third kappa shape index (κ3) is 4.09. The van der Waals surface area contributed by atoms with Crippen molar-refractivity contribution in [1.82, 2.24) is 4.98 Å². The summed E-state index contributed by atoms with van der Waals surface area (Å²) in [7, 11) is 0. The predicted molar refractivity (Wildman–Crippen MR) is 91.9 cm³/mol. The van der Waals surface area contributed by atoms with Gasteiger partial charge < -0.3 is 5.32 Å². The monoisotopic (exact) mass is 375 g/mol. The van der Waals surface area contributed by atoms with Crippen molar-refractivity contribution in [3.8, 4) is 6.07 Å². The van der Waals surface area contributed by atoms with Crippen LogP contribution in [-0.4, -0.2) is 16.6 Å². The van der Waals surface area contributed by atoms with Crippen molar-refractivity contribution in [1.29, 1.82) is 5.26 Å². The van der Waals surface area contributed by atoms with Crippen molar-refractivity contribution in [3.63, 3.8) is 0 Å². The van der Waals surface area contributed by atoms with E-state index in [1.54, 1.807) is 0 Å². The Morgan fingerprint density at radius 3 is 2.82 bits per heavy atom. The number of rotatable bonds is 4. The Bertz CT molecular complexity index is 756. The maximum Gasteiger partial charge on any atom is 0.234 e. The molecule has 1 amide bonds. The van der Waals surface area contributed by atoms with Crippen molar-refractivity contribution in [2.45, 2.75) is 18.9 Å². The molecular weight excluding hydrogens is 362 g/mol. The number of hydrogen-bond donors (Lipinski definition) is 1. The van der Waals surface area contributed by atoms with Crippen molar-refractivity contribution in [2.24, 2.45) is 0 Å². The number of aromatic nitrogens is 1. The normalized spacial score (nSPS) is 10.1. The van der Waals surface area contributed by atoms with Crippen LogP contribution < -0.4 is 5.32 Å². The molecule has 0 unspecified atom stereocenters. The van der Waals surface area contributed by atoms with Gasteiger partial charge in [-0.15, -0.1) is 0 Å². The molecule has 0 spiro atoms. The zero-order valence-corrected chi connectivity index (χ0v) is 14.6. The third-order valence-electron chi connectivity index (χ3n) is 2.91. The van der Waals surface area contributed by atoms with Crippen LogP contribution in [0, 0.1) is 25.2 Å². The van der Waals surface area contributed by atoms with Gasteiger partial charge in [0.1, 0.15) is 11.1 Å². The number of thioether (sulfide) groups is 1. The molecule has 1 aromatic carbocycles. The Morgan fingerprint density at radius 1 is 1.41 bits per heavy atom. The lowest BCUT2D eigenvalue weighted by atomic mass is 10.1. The topological polar surface area (TPSA) is 65.8 Å². The second-order valence-electron chi connectivity index (χ2n) is 4.69. The number of amides is 1. The van der Waals surface area contributed by atoms with E-state index in [0.29, 0.717) is 10.6 Å². The first-order chi connectivity index (χ1) is 10.5. The molecule has 0 bridgehead atoms. The lowest BCUT2D eigenvalue weighted by Gasteiger charge is -2.09. The molecule has 6 heteroatoms. The maximum absolute atomic E-state index is 12.0. The van der Waals surface area contributed by atoms with Crippen LogP contribution in [0.25, 0.3) is 0 Å². The number of benzene rings is 1. The van der Waals surface area contributed by atoms with E-state index in [4.69, 9.17) is 0 Å². The van der Waals surface area contributed by atoms with Gasteiger partial charge in [0.15, 0.2) is 0 Å². The van der Waals surface area contributed by atoms with Crippen LogP contribution in [0.2, 0.25) is 0 Å². The number of nitriles is 1. The first kappa shape index (κ1) is 16.5. The zero-order chi connectivity index (χ0) is 16.1. The molecule has 0 aliphatic rings. The first-order valence-electron chi connectivity index (χ1n) is 6.56. The Labute approximate surface area is 142 Å². The number of carbonyl (C=O) groups is 1. The van der Waals surface area contributed by atoms with Gasteiger partial charge in [-0.05, 0) is 53.5 Å². The Kier molecular flexibility index (Phi) is 5.58. The third-order valence-corrected chi connectivity index (χ3v) is 4.58. The summed E-state index contributed by atoms with van der Waals surface area (Å²) in [5.41, 5.74) is 2.97. The van der Waals surface area contributed by atoms with Crippen LogP contribution in [0.15, 0.2) is 39.8 Å². The molecule has 0 saturated heterocycles. The van der Waals surface area contributed by atoms with Crippen LogP contribution in [0.3, 0.4) is 0 Å². The van der Waals surface area contributed by atoms with E-state index in [1.807, 2.05) is 44.2 Å². The molecule has 0 aliphatic carbocycles. The number of nitrogens with zero attached hydrogens (tertiary/aromatic N) is 2. The van der Waals surface area contributed by atoms with Crippen molar-refractivity contribution < 1.29 is 4.79 Å². The lowest BCUT2D eigenvalue weighted by Crippen LogP contribution is -2.14. The average molecular weight is 376 g/mol. The fraction of sp³-hybridized carbons (Fsp3) is 0.188. The first-order valence-corrected chi connectivity index (χ1v) is 8.34. The predicted octanol–water partition coefficient (Wildman–Crippen LogP) is 4.06. The molecule has 0 radical (unpaired) electrons. The minimum atomic E-state index is -0.137. The van der Waals surface area contributed by atoms with Gasteiger partial charge in [-0.2, -0.15) is 5.26 Å². The van der Waals surface area contributed by atoms with E-state index in [0.717, 1.165) is 21.4 Å². The van der Waals surface area contributed by atoms with Gasteiger partial charge in [0.05, 0.1) is 17.0 Å². The highest BCUT2D eigenvalue weighted by atomic mass is 79.9. The second kappa shape index (κ2) is 7.43. The minimum absolute atomic E-state index is 0.137. The smallest absolute Gasteiger partial charge is 0.234 e. The van der Waals surface area contributed by atoms with E-state index in [-0.39, 0.29) is 11.7 Å². The summed E-state index contributed by atoms with van der Waals surface area (Å²) < 4.78 is 0.829. The zero-order valence-electron chi connectivity index (χ0n) is 12.2. The van der Waals surface area contributed by atoms with Gasteiger partial charge in [0.25, 0.3) is 0 Å². The standard InChI is InChI=1S/C16H14BrN3OS/c1-10-7-11(2)19-16(12(10)8-18)22-9-15(21)20-14-6-4-3-5-13(14)17/h3-7H,9H2,1-2H3,(H,20,21). The minimum Gasteiger partial charge on any atom is -0.324 e. The number of aryl methyl sites for hydroxylation is 2. The Morgan fingerprint density at radius 2 is 2.14 bits per heavy atom. The van der Waals surface area contributed by atoms with E-state index in [9.17, 15) is 10.1 Å². The summed E-state index contributed by atoms with van der Waals surface area (Å²) in [5, 5.41) is 12.6. The summed E-state index contributed by atoms with van der Waals surface area (Å²) in [6.07, 6.45) is 0. The highest BCUT2D eigenvalue weighted by Crippen LogP contribution is 2.25. The second-order valence-corrected chi connectivity index (χ2v) is 6.51. The van der Waals surface area contributed by atoms with Crippen LogP contribution >= 0.6 is 27.7 Å². The summed E-state index contributed by atoms with van der Waals surface area (Å²) in [6, 6.07) is 11.4. The fourth-order valence-corrected chi connectivity index (χ4v) is 3.21. The molecule has 0 fully saturated rings. The van der Waals surface area contributed by atoms with E-state index < -0.39 is 0 Å². The molecule has 112 valence electrons. The lowest BCUT2D eigenvalue weighted by molar-refractivity contribution is -0.113. The number of halogens is 1. The molecule has 2 aromatic rings. The number of nitrogens with one attached hydrogen (secondary N) is 1. The number of para-hydroxylation sites is 1.